The molecule has 0 saturated carbocycles. The molecule has 0 unspecified atom stereocenters. The molecular formula is C24H23FN6O2S. The Bertz CT molecular complexity index is 1220. The zero-order chi connectivity index (χ0) is 23.3. The Morgan fingerprint density at radius 1 is 1.03 bits per heavy atom. The second-order valence-corrected chi connectivity index (χ2v) is 8.79. The Labute approximate surface area is 200 Å². The van der Waals surface area contributed by atoms with Crippen LogP contribution in [0, 0.1) is 5.82 Å². The van der Waals surface area contributed by atoms with E-state index in [-0.39, 0.29) is 17.5 Å². The van der Waals surface area contributed by atoms with Crippen LogP contribution in [0.15, 0.2) is 76.8 Å². The normalized spacial score (nSPS) is 13.9. The Morgan fingerprint density at radius 2 is 1.85 bits per heavy atom. The average molecular weight is 479 g/mol. The molecule has 1 aliphatic heterocycles. The summed E-state index contributed by atoms with van der Waals surface area (Å²) in [6, 6.07) is 14.0. The molecule has 0 atom stereocenters. The molecule has 5 rings (SSSR count). The minimum Gasteiger partial charge on any atom is -0.467 e. The number of nitrogens with zero attached hydrogens (tertiary/aromatic N) is 6. The number of rotatable bonds is 7. The van der Waals surface area contributed by atoms with Crippen molar-refractivity contribution in [2.24, 2.45) is 0 Å². The van der Waals surface area contributed by atoms with Gasteiger partial charge < -0.3 is 14.2 Å². The van der Waals surface area contributed by atoms with Crippen molar-refractivity contribution in [3.8, 4) is 11.4 Å². The molecule has 0 spiro atoms. The van der Waals surface area contributed by atoms with Gasteiger partial charge in [-0.2, -0.15) is 0 Å². The standard InChI is InChI=1S/C24H23FN6O2S/c25-19-5-7-20(8-6-19)29-10-12-30(13-11-29)22(32)17-34-24-28-27-23(18-3-1-9-26-15-18)31(24)16-21-4-2-14-33-21/h1-9,14-15H,10-13,16-17H2. The molecule has 174 valence electrons. The van der Waals surface area contributed by atoms with Crippen LogP contribution in [-0.2, 0) is 11.3 Å². The highest BCUT2D eigenvalue weighted by molar-refractivity contribution is 7.99. The number of carbonyl (C=O) groups is 1. The fraction of sp³-hybridized carbons (Fsp3) is 0.250. The van der Waals surface area contributed by atoms with Crippen molar-refractivity contribution in [2.75, 3.05) is 36.8 Å². The first-order chi connectivity index (χ1) is 16.7. The second kappa shape index (κ2) is 10.1. The molecular weight excluding hydrogens is 455 g/mol. The van der Waals surface area contributed by atoms with Crippen molar-refractivity contribution in [2.45, 2.75) is 11.7 Å². The molecule has 0 bridgehead atoms. The highest BCUT2D eigenvalue weighted by Gasteiger charge is 2.23. The van der Waals surface area contributed by atoms with E-state index in [0.717, 1.165) is 17.0 Å². The summed E-state index contributed by atoms with van der Waals surface area (Å²) < 4.78 is 20.7. The lowest BCUT2D eigenvalue weighted by Gasteiger charge is -2.36. The van der Waals surface area contributed by atoms with Gasteiger partial charge in [-0.25, -0.2) is 4.39 Å². The van der Waals surface area contributed by atoms with Gasteiger partial charge in [0.15, 0.2) is 11.0 Å². The van der Waals surface area contributed by atoms with Gasteiger partial charge in [0.2, 0.25) is 5.91 Å². The first-order valence-corrected chi connectivity index (χ1v) is 11.9. The predicted octanol–water partition coefficient (Wildman–Crippen LogP) is 3.56. The summed E-state index contributed by atoms with van der Waals surface area (Å²) in [5.74, 6) is 1.52. The number of amides is 1. The largest absolute Gasteiger partial charge is 0.467 e. The van der Waals surface area contributed by atoms with E-state index in [1.807, 2.05) is 33.7 Å². The van der Waals surface area contributed by atoms with Gasteiger partial charge in [0, 0.05) is 49.8 Å². The topological polar surface area (TPSA) is 80.3 Å². The van der Waals surface area contributed by atoms with E-state index in [2.05, 4.69) is 20.1 Å². The molecule has 10 heteroatoms. The Kier molecular flexibility index (Phi) is 6.57. The molecule has 1 saturated heterocycles. The smallest absolute Gasteiger partial charge is 0.233 e. The van der Waals surface area contributed by atoms with E-state index in [1.54, 1.807) is 30.8 Å². The minimum absolute atomic E-state index is 0.0548. The number of thioether (sulfide) groups is 1. The van der Waals surface area contributed by atoms with E-state index < -0.39 is 0 Å². The lowest BCUT2D eigenvalue weighted by atomic mass is 10.2. The lowest BCUT2D eigenvalue weighted by Crippen LogP contribution is -2.49. The third-order valence-electron chi connectivity index (χ3n) is 5.68. The van der Waals surface area contributed by atoms with Crippen LogP contribution in [-0.4, -0.2) is 62.5 Å². The van der Waals surface area contributed by atoms with Gasteiger partial charge in [-0.05, 0) is 48.5 Å². The second-order valence-electron chi connectivity index (χ2n) is 7.85. The number of pyridine rings is 1. The summed E-state index contributed by atoms with van der Waals surface area (Å²) in [7, 11) is 0. The highest BCUT2D eigenvalue weighted by Crippen LogP contribution is 2.25. The van der Waals surface area contributed by atoms with Gasteiger partial charge in [-0.15, -0.1) is 10.2 Å². The van der Waals surface area contributed by atoms with Gasteiger partial charge in [-0.1, -0.05) is 11.8 Å². The van der Waals surface area contributed by atoms with Crippen LogP contribution in [0.2, 0.25) is 0 Å². The van der Waals surface area contributed by atoms with Crippen LogP contribution >= 0.6 is 11.8 Å². The molecule has 0 aliphatic carbocycles. The SMILES string of the molecule is O=C(CSc1nnc(-c2cccnc2)n1Cc1ccco1)N1CCN(c2ccc(F)cc2)CC1. The Hall–Kier alpha value is -3.66. The molecule has 1 aliphatic rings. The molecule has 1 aromatic carbocycles. The molecule has 4 aromatic rings. The molecule has 4 heterocycles. The third-order valence-corrected chi connectivity index (χ3v) is 6.63. The highest BCUT2D eigenvalue weighted by atomic mass is 32.2. The number of benzene rings is 1. The number of furan rings is 1. The Morgan fingerprint density at radius 3 is 2.56 bits per heavy atom. The maximum atomic E-state index is 13.2. The van der Waals surface area contributed by atoms with Crippen molar-refractivity contribution in [1.82, 2.24) is 24.6 Å². The first-order valence-electron chi connectivity index (χ1n) is 10.9. The third kappa shape index (κ3) is 4.96. The average Bonchev–Trinajstić information content (AvgIpc) is 3.54. The van der Waals surface area contributed by atoms with Crippen molar-refractivity contribution in [3.05, 3.63) is 78.8 Å². The Balaban J connectivity index is 1.24. The van der Waals surface area contributed by atoms with Crippen molar-refractivity contribution in [3.63, 3.8) is 0 Å². The van der Waals surface area contributed by atoms with Crippen molar-refractivity contribution < 1.29 is 13.6 Å². The number of aromatic nitrogens is 4. The zero-order valence-corrected chi connectivity index (χ0v) is 19.2. The summed E-state index contributed by atoms with van der Waals surface area (Å²) in [5, 5.41) is 9.35. The summed E-state index contributed by atoms with van der Waals surface area (Å²) in [5.41, 5.74) is 1.81. The van der Waals surface area contributed by atoms with Gasteiger partial charge >= 0.3 is 0 Å². The fourth-order valence-corrected chi connectivity index (χ4v) is 4.73. The van der Waals surface area contributed by atoms with Crippen LogP contribution < -0.4 is 4.90 Å². The van der Waals surface area contributed by atoms with Crippen LogP contribution in [0.5, 0.6) is 0 Å². The molecule has 0 N–H and O–H groups in total. The molecule has 1 fully saturated rings. The maximum absolute atomic E-state index is 13.2. The quantitative estimate of drug-likeness (QED) is 0.376. The predicted molar refractivity (Wildman–Crippen MR) is 127 cm³/mol. The monoisotopic (exact) mass is 478 g/mol. The molecule has 8 nitrogen and oxygen atoms in total. The number of halogens is 1. The minimum atomic E-state index is -0.249. The van der Waals surface area contributed by atoms with Gasteiger partial charge in [0.1, 0.15) is 11.6 Å². The van der Waals surface area contributed by atoms with Crippen LogP contribution in [0.4, 0.5) is 10.1 Å². The molecule has 0 radical (unpaired) electrons. The van der Waals surface area contributed by atoms with Crippen molar-refractivity contribution in [1.29, 1.82) is 0 Å². The summed E-state index contributed by atoms with van der Waals surface area (Å²) in [6.45, 7) is 3.12. The van der Waals surface area contributed by atoms with Crippen LogP contribution in [0.1, 0.15) is 5.76 Å². The molecule has 34 heavy (non-hydrogen) atoms. The summed E-state index contributed by atoms with van der Waals surface area (Å²) in [6.07, 6.45) is 5.08. The summed E-state index contributed by atoms with van der Waals surface area (Å²) >= 11 is 1.37. The van der Waals surface area contributed by atoms with E-state index in [9.17, 15) is 9.18 Å². The van der Waals surface area contributed by atoms with E-state index in [4.69, 9.17) is 4.42 Å². The number of anilines is 1. The number of carbonyl (C=O) groups excluding carboxylic acids is 1. The first kappa shape index (κ1) is 22.1. The number of piperazine rings is 1. The van der Waals surface area contributed by atoms with E-state index in [0.29, 0.717) is 43.7 Å². The summed E-state index contributed by atoms with van der Waals surface area (Å²) in [4.78, 5) is 21.1. The van der Waals surface area contributed by atoms with Gasteiger partial charge in [0.05, 0.1) is 18.6 Å². The van der Waals surface area contributed by atoms with E-state index in [1.165, 1.54) is 23.9 Å². The van der Waals surface area contributed by atoms with Gasteiger partial charge in [0.25, 0.3) is 0 Å². The number of hydrogen-bond donors (Lipinski definition) is 0. The van der Waals surface area contributed by atoms with Crippen LogP contribution in [0.25, 0.3) is 11.4 Å². The van der Waals surface area contributed by atoms with E-state index >= 15 is 0 Å². The molecule has 1 amide bonds. The van der Waals surface area contributed by atoms with Crippen molar-refractivity contribution >= 4 is 23.4 Å². The number of hydrogen-bond acceptors (Lipinski definition) is 7. The lowest BCUT2D eigenvalue weighted by molar-refractivity contribution is -0.128. The van der Waals surface area contributed by atoms with Gasteiger partial charge in [-0.3, -0.25) is 14.3 Å². The van der Waals surface area contributed by atoms with Crippen LogP contribution in [0.3, 0.4) is 0 Å². The maximum Gasteiger partial charge on any atom is 0.233 e. The zero-order valence-electron chi connectivity index (χ0n) is 18.4. The molecule has 3 aromatic heterocycles. The fourth-order valence-electron chi connectivity index (χ4n) is 3.89.